The third kappa shape index (κ3) is 6.94. The third-order valence-corrected chi connectivity index (χ3v) is 4.00. The minimum Gasteiger partial charge on any atom is -0.340 e. The number of nitro benzene ring substituents is 1. The van der Waals surface area contributed by atoms with Crippen LogP contribution in [-0.4, -0.2) is 35.3 Å². The zero-order valence-corrected chi connectivity index (χ0v) is 15.6. The molecule has 0 fully saturated rings. The maximum atomic E-state index is 12.7. The number of nitrogens with one attached hydrogen (secondary N) is 3. The number of non-ortho nitro benzene ring substituents is 1. The normalized spacial score (nSPS) is 11.2. The van der Waals surface area contributed by atoms with Crippen LogP contribution in [0.1, 0.15) is 23.2 Å². The van der Waals surface area contributed by atoms with Gasteiger partial charge in [-0.1, -0.05) is 18.2 Å². The van der Waals surface area contributed by atoms with Crippen LogP contribution in [-0.2, 0) is 4.79 Å². The van der Waals surface area contributed by atoms with E-state index >= 15 is 0 Å². The van der Waals surface area contributed by atoms with Crippen molar-refractivity contribution >= 4 is 29.1 Å². The predicted octanol–water partition coefficient (Wildman–Crippen LogP) is -0.534. The summed E-state index contributed by atoms with van der Waals surface area (Å²) in [6, 6.07) is 13.1. The number of hydrogen-bond donors (Lipinski definition) is 5. The molecule has 0 spiro atoms. The van der Waals surface area contributed by atoms with Crippen LogP contribution >= 0.6 is 0 Å². The van der Waals surface area contributed by atoms with Gasteiger partial charge in [0.15, 0.2) is 0 Å². The van der Waals surface area contributed by atoms with Crippen LogP contribution in [0.5, 0.6) is 0 Å². The second-order valence-electron chi connectivity index (χ2n) is 6.21. The number of amides is 2. The Balaban J connectivity index is 2.07. The van der Waals surface area contributed by atoms with Gasteiger partial charge in [0, 0.05) is 23.4 Å². The predicted molar refractivity (Wildman–Crippen MR) is 108 cm³/mol. The van der Waals surface area contributed by atoms with E-state index in [1.165, 1.54) is 24.3 Å². The molecule has 2 aromatic rings. The molecule has 0 aliphatic carbocycles. The van der Waals surface area contributed by atoms with Crippen LogP contribution in [0.25, 0.3) is 0 Å². The minimum atomic E-state index is -0.821. The lowest BCUT2D eigenvalue weighted by Crippen LogP contribution is -2.78. The van der Waals surface area contributed by atoms with Crippen LogP contribution in [0, 0.1) is 10.1 Å². The quantitative estimate of drug-likeness (QED) is 0.125. The number of nitrogens with zero attached hydrogens (tertiary/aromatic N) is 1. The zero-order chi connectivity index (χ0) is 21.2. The molecule has 0 aliphatic rings. The summed E-state index contributed by atoms with van der Waals surface area (Å²) in [5.41, 5.74) is 11.4. The fourth-order valence-corrected chi connectivity index (χ4v) is 2.53. The Kier molecular flexibility index (Phi) is 7.66. The largest absolute Gasteiger partial charge is 0.340 e. The second kappa shape index (κ2) is 10.4. The van der Waals surface area contributed by atoms with Crippen molar-refractivity contribution in [3.63, 3.8) is 0 Å². The fourth-order valence-electron chi connectivity index (χ4n) is 2.53. The Bertz CT molecular complexity index is 879. The van der Waals surface area contributed by atoms with Crippen molar-refractivity contribution in [1.82, 2.24) is 5.32 Å². The molecule has 10 nitrogen and oxygen atoms in total. The molecule has 2 amide bonds. The molecule has 0 radical (unpaired) electrons. The Hall–Kier alpha value is -3.95. The van der Waals surface area contributed by atoms with Gasteiger partial charge in [-0.15, -0.1) is 0 Å². The third-order valence-electron chi connectivity index (χ3n) is 4.00. The molecule has 2 aromatic carbocycles. The number of guanidine groups is 1. The summed E-state index contributed by atoms with van der Waals surface area (Å²) in [5.74, 6) is -0.745. The first-order chi connectivity index (χ1) is 13.9. The van der Waals surface area contributed by atoms with Gasteiger partial charge in [-0.2, -0.15) is 0 Å². The van der Waals surface area contributed by atoms with Crippen molar-refractivity contribution in [3.05, 3.63) is 70.3 Å². The lowest BCUT2D eigenvalue weighted by atomic mass is 10.1. The van der Waals surface area contributed by atoms with E-state index in [2.05, 4.69) is 15.6 Å². The number of carbonyl (C=O) groups is 2. The van der Waals surface area contributed by atoms with Gasteiger partial charge in [-0.3, -0.25) is 36.2 Å². The number of nitro groups is 1. The van der Waals surface area contributed by atoms with Crippen LogP contribution in [0.15, 0.2) is 54.6 Å². The molecule has 0 saturated heterocycles. The highest BCUT2D eigenvalue weighted by molar-refractivity contribution is 6.01. The molecule has 152 valence electrons. The van der Waals surface area contributed by atoms with E-state index in [4.69, 9.17) is 11.5 Å². The van der Waals surface area contributed by atoms with Gasteiger partial charge in [0.1, 0.15) is 6.04 Å². The van der Waals surface area contributed by atoms with Crippen molar-refractivity contribution in [1.29, 1.82) is 0 Å². The minimum absolute atomic E-state index is 0.0743. The summed E-state index contributed by atoms with van der Waals surface area (Å²) in [5, 5.41) is 16.1. The lowest BCUT2D eigenvalue weighted by molar-refractivity contribution is -0.459. The van der Waals surface area contributed by atoms with Crippen LogP contribution in [0.4, 0.5) is 11.4 Å². The summed E-state index contributed by atoms with van der Waals surface area (Å²) in [4.78, 5) is 38.1. The maximum absolute atomic E-state index is 12.7. The summed E-state index contributed by atoms with van der Waals surface area (Å²) >= 11 is 0. The smallest absolute Gasteiger partial charge is 0.338 e. The molecule has 0 heterocycles. The average Bonchev–Trinajstić information content (AvgIpc) is 2.71. The van der Waals surface area contributed by atoms with Gasteiger partial charge in [0.2, 0.25) is 5.91 Å². The van der Waals surface area contributed by atoms with Gasteiger partial charge < -0.3 is 10.6 Å². The van der Waals surface area contributed by atoms with Gasteiger partial charge in [-0.05, 0) is 37.1 Å². The molecular formula is C19H23N6O4+. The van der Waals surface area contributed by atoms with Crippen molar-refractivity contribution in [2.75, 3.05) is 11.9 Å². The molecular weight excluding hydrogens is 376 g/mol. The Morgan fingerprint density at radius 2 is 1.72 bits per heavy atom. The van der Waals surface area contributed by atoms with Crippen LogP contribution in [0.3, 0.4) is 0 Å². The van der Waals surface area contributed by atoms with E-state index in [9.17, 15) is 19.7 Å². The molecule has 1 atom stereocenters. The first kappa shape index (κ1) is 21.4. The number of nitrogens with two attached hydrogens (primary N) is 2. The average molecular weight is 399 g/mol. The molecule has 0 saturated carbocycles. The first-order valence-electron chi connectivity index (χ1n) is 8.90. The van der Waals surface area contributed by atoms with E-state index < -0.39 is 16.9 Å². The zero-order valence-electron chi connectivity index (χ0n) is 15.6. The van der Waals surface area contributed by atoms with Crippen molar-refractivity contribution < 1.29 is 19.5 Å². The van der Waals surface area contributed by atoms with Crippen molar-refractivity contribution in [3.8, 4) is 0 Å². The summed E-state index contributed by atoms with van der Waals surface area (Å²) < 4.78 is 0. The van der Waals surface area contributed by atoms with Gasteiger partial charge in [0.25, 0.3) is 11.6 Å². The van der Waals surface area contributed by atoms with Crippen molar-refractivity contribution in [2.45, 2.75) is 18.9 Å². The van der Waals surface area contributed by atoms with Crippen LogP contribution in [0.2, 0.25) is 0 Å². The molecule has 2 rings (SSSR count). The molecule has 0 aromatic heterocycles. The van der Waals surface area contributed by atoms with Gasteiger partial charge in [-0.25, -0.2) is 0 Å². The highest BCUT2D eigenvalue weighted by atomic mass is 16.6. The molecule has 0 bridgehead atoms. The van der Waals surface area contributed by atoms with Crippen LogP contribution < -0.4 is 27.1 Å². The standard InChI is InChI=1S/C19H22N6O4/c20-19(21)22-12-4-7-16(24-17(26)13-5-2-1-3-6-13)18(27)23-14-8-10-15(11-9-14)25(28)29/h1-3,5-6,8-11,16H,4,7,12H2,(H,23,27)(H,24,26)(H4,20,21,22)/p+1/t16-/m0/s1. The molecule has 0 unspecified atom stereocenters. The number of benzene rings is 2. The first-order valence-corrected chi connectivity index (χ1v) is 8.90. The monoisotopic (exact) mass is 399 g/mol. The topological polar surface area (TPSA) is 167 Å². The number of anilines is 1. The summed E-state index contributed by atoms with van der Waals surface area (Å²) in [6.07, 6.45) is 0.850. The molecule has 29 heavy (non-hydrogen) atoms. The Labute approximate surface area is 167 Å². The van der Waals surface area contributed by atoms with Gasteiger partial charge in [0.05, 0.1) is 11.5 Å². The van der Waals surface area contributed by atoms with E-state index in [0.29, 0.717) is 30.6 Å². The van der Waals surface area contributed by atoms with E-state index in [1.807, 2.05) is 0 Å². The maximum Gasteiger partial charge on any atom is 0.338 e. The number of carbonyl (C=O) groups excluding carboxylic acids is 2. The highest BCUT2D eigenvalue weighted by Crippen LogP contribution is 2.16. The van der Waals surface area contributed by atoms with E-state index in [-0.39, 0.29) is 17.6 Å². The molecule has 7 N–H and O–H groups in total. The summed E-state index contributed by atoms with van der Waals surface area (Å²) in [6.45, 7) is 0.435. The number of hydrogen-bond acceptors (Lipinski definition) is 4. The van der Waals surface area contributed by atoms with Gasteiger partial charge >= 0.3 is 5.96 Å². The SMILES string of the molecule is NC(N)=[NH+]CCC[C@H](NC(=O)c1ccccc1)C(=O)Nc1ccc([N+](=O)[O-])cc1. The number of rotatable bonds is 9. The second-order valence-corrected chi connectivity index (χ2v) is 6.21. The lowest BCUT2D eigenvalue weighted by Gasteiger charge is -2.18. The van der Waals surface area contributed by atoms with E-state index in [1.54, 1.807) is 30.3 Å². The Morgan fingerprint density at radius 1 is 1.07 bits per heavy atom. The van der Waals surface area contributed by atoms with Crippen molar-refractivity contribution in [2.24, 2.45) is 11.5 Å². The summed E-state index contributed by atoms with van der Waals surface area (Å²) in [7, 11) is 0. The Morgan fingerprint density at radius 3 is 2.31 bits per heavy atom. The van der Waals surface area contributed by atoms with E-state index in [0.717, 1.165) is 0 Å². The fraction of sp³-hybridized carbons (Fsp3) is 0.211. The molecule has 10 heteroatoms. The highest BCUT2D eigenvalue weighted by Gasteiger charge is 2.21. The molecule has 0 aliphatic heterocycles.